The molecule has 1 unspecified atom stereocenters. The van der Waals surface area contributed by atoms with Crippen LogP contribution in [-0.4, -0.2) is 12.1 Å². The van der Waals surface area contributed by atoms with Crippen molar-refractivity contribution in [2.75, 3.05) is 0 Å². The molecule has 0 N–H and O–H groups in total. The number of isocyanates is 1. The fourth-order valence-corrected chi connectivity index (χ4v) is 1.96. The normalized spacial score (nSPS) is 32.2. The third-order valence-corrected chi connectivity index (χ3v) is 3.00. The van der Waals surface area contributed by atoms with Crippen LogP contribution in [0.5, 0.6) is 0 Å². The Bertz CT molecular complexity index is 176. The van der Waals surface area contributed by atoms with Gasteiger partial charge < -0.3 is 0 Å². The fourth-order valence-electron chi connectivity index (χ4n) is 1.96. The zero-order chi connectivity index (χ0) is 8.97. The van der Waals surface area contributed by atoms with Gasteiger partial charge in [-0.1, -0.05) is 19.8 Å². The first-order chi connectivity index (χ1) is 5.74. The molecule has 0 radical (unpaired) electrons. The lowest BCUT2D eigenvalue weighted by atomic mass is 9.80. The zero-order valence-electron chi connectivity index (χ0n) is 7.92. The molecule has 2 nitrogen and oxygen atoms in total. The first-order valence-electron chi connectivity index (χ1n) is 4.81. The maximum Gasteiger partial charge on any atom is 0.235 e. The fraction of sp³-hybridized carbons (Fsp3) is 0.900. The maximum atomic E-state index is 10.0. The standard InChI is InChI=1S/C10H17NO/c1-8-3-5-10(6-4-8)9(2)11-7-12/h8-10H,3-6H2,1-2H3. The van der Waals surface area contributed by atoms with Crippen molar-refractivity contribution in [1.29, 1.82) is 0 Å². The van der Waals surface area contributed by atoms with E-state index in [1.54, 1.807) is 6.08 Å². The molecule has 1 rings (SSSR count). The van der Waals surface area contributed by atoms with E-state index in [0.717, 1.165) is 5.92 Å². The Kier molecular flexibility index (Phi) is 3.48. The second-order valence-electron chi connectivity index (χ2n) is 3.98. The average molecular weight is 167 g/mol. The van der Waals surface area contributed by atoms with E-state index in [1.807, 2.05) is 6.92 Å². The lowest BCUT2D eigenvalue weighted by Gasteiger charge is -2.27. The number of nitrogens with zero attached hydrogens (tertiary/aromatic N) is 1. The number of rotatable bonds is 2. The molecule has 0 aliphatic heterocycles. The van der Waals surface area contributed by atoms with E-state index in [-0.39, 0.29) is 6.04 Å². The smallest absolute Gasteiger partial charge is 0.211 e. The van der Waals surface area contributed by atoms with E-state index in [9.17, 15) is 4.79 Å². The van der Waals surface area contributed by atoms with E-state index in [2.05, 4.69) is 11.9 Å². The summed E-state index contributed by atoms with van der Waals surface area (Å²) in [6, 6.07) is 0.190. The highest BCUT2D eigenvalue weighted by molar-refractivity contribution is 5.33. The molecule has 0 aromatic carbocycles. The summed E-state index contributed by atoms with van der Waals surface area (Å²) in [6.07, 6.45) is 6.70. The Morgan fingerprint density at radius 1 is 1.33 bits per heavy atom. The number of aliphatic imine (C=N–C) groups is 1. The minimum atomic E-state index is 0.190. The average Bonchev–Trinajstić information content (AvgIpc) is 2.06. The molecule has 0 aromatic heterocycles. The molecule has 68 valence electrons. The van der Waals surface area contributed by atoms with Crippen LogP contribution in [0.25, 0.3) is 0 Å². The summed E-state index contributed by atoms with van der Waals surface area (Å²) >= 11 is 0. The Morgan fingerprint density at radius 3 is 2.42 bits per heavy atom. The monoisotopic (exact) mass is 167 g/mol. The Morgan fingerprint density at radius 2 is 1.92 bits per heavy atom. The van der Waals surface area contributed by atoms with E-state index in [1.165, 1.54) is 25.7 Å². The highest BCUT2D eigenvalue weighted by atomic mass is 16.1. The lowest BCUT2D eigenvalue weighted by molar-refractivity contribution is 0.263. The molecule has 1 aliphatic rings. The lowest BCUT2D eigenvalue weighted by Crippen LogP contribution is -2.21. The minimum Gasteiger partial charge on any atom is -0.211 e. The van der Waals surface area contributed by atoms with Crippen LogP contribution in [0.1, 0.15) is 39.5 Å². The highest BCUT2D eigenvalue weighted by Gasteiger charge is 2.22. The van der Waals surface area contributed by atoms with Crippen molar-refractivity contribution >= 4 is 6.08 Å². The van der Waals surface area contributed by atoms with Gasteiger partial charge in [0.1, 0.15) is 0 Å². The van der Waals surface area contributed by atoms with Crippen molar-refractivity contribution in [2.45, 2.75) is 45.6 Å². The Labute approximate surface area is 74.1 Å². The van der Waals surface area contributed by atoms with Gasteiger partial charge in [0, 0.05) is 0 Å². The van der Waals surface area contributed by atoms with E-state index in [4.69, 9.17) is 0 Å². The van der Waals surface area contributed by atoms with Crippen LogP contribution < -0.4 is 0 Å². The van der Waals surface area contributed by atoms with Crippen LogP contribution in [0.3, 0.4) is 0 Å². The van der Waals surface area contributed by atoms with Crippen LogP contribution in [-0.2, 0) is 4.79 Å². The zero-order valence-corrected chi connectivity index (χ0v) is 7.92. The van der Waals surface area contributed by atoms with Gasteiger partial charge in [-0.15, -0.1) is 0 Å². The summed E-state index contributed by atoms with van der Waals surface area (Å²) in [5, 5.41) is 0. The molecular formula is C10H17NO. The van der Waals surface area contributed by atoms with E-state index in [0.29, 0.717) is 5.92 Å². The summed E-state index contributed by atoms with van der Waals surface area (Å²) < 4.78 is 0. The molecule has 0 aromatic rings. The molecule has 1 saturated carbocycles. The van der Waals surface area contributed by atoms with Gasteiger partial charge in [-0.25, -0.2) is 9.79 Å². The summed E-state index contributed by atoms with van der Waals surface area (Å²) in [4.78, 5) is 13.8. The summed E-state index contributed by atoms with van der Waals surface area (Å²) in [5.41, 5.74) is 0. The number of carbonyl (C=O) groups excluding carboxylic acids is 1. The molecule has 0 amide bonds. The van der Waals surface area contributed by atoms with Gasteiger partial charge in [0.2, 0.25) is 6.08 Å². The summed E-state index contributed by atoms with van der Waals surface area (Å²) in [6.45, 7) is 4.31. The molecular weight excluding hydrogens is 150 g/mol. The van der Waals surface area contributed by atoms with Gasteiger partial charge in [0.15, 0.2) is 0 Å². The molecule has 2 heteroatoms. The van der Waals surface area contributed by atoms with Gasteiger partial charge in [0.05, 0.1) is 6.04 Å². The van der Waals surface area contributed by atoms with Crippen LogP contribution in [0, 0.1) is 11.8 Å². The highest BCUT2D eigenvalue weighted by Crippen LogP contribution is 2.31. The van der Waals surface area contributed by atoms with Crippen molar-refractivity contribution in [2.24, 2.45) is 16.8 Å². The molecule has 1 fully saturated rings. The van der Waals surface area contributed by atoms with Gasteiger partial charge >= 0.3 is 0 Å². The first-order valence-corrected chi connectivity index (χ1v) is 4.81. The van der Waals surface area contributed by atoms with Crippen molar-refractivity contribution in [3.05, 3.63) is 0 Å². The molecule has 0 heterocycles. The van der Waals surface area contributed by atoms with Gasteiger partial charge in [0.25, 0.3) is 0 Å². The topological polar surface area (TPSA) is 29.4 Å². The van der Waals surface area contributed by atoms with E-state index < -0.39 is 0 Å². The maximum absolute atomic E-state index is 10.0. The third-order valence-electron chi connectivity index (χ3n) is 3.00. The van der Waals surface area contributed by atoms with Crippen molar-refractivity contribution in [3.63, 3.8) is 0 Å². The molecule has 0 spiro atoms. The quantitative estimate of drug-likeness (QED) is 0.459. The SMILES string of the molecule is CC1CCC(C(C)N=C=O)CC1. The minimum absolute atomic E-state index is 0.190. The number of hydrogen-bond donors (Lipinski definition) is 0. The predicted octanol–water partition coefficient (Wildman–Crippen LogP) is 2.54. The molecule has 12 heavy (non-hydrogen) atoms. The molecule has 1 aliphatic carbocycles. The molecule has 1 atom stereocenters. The summed E-state index contributed by atoms with van der Waals surface area (Å²) in [5.74, 6) is 1.50. The number of hydrogen-bond acceptors (Lipinski definition) is 2. The molecule has 0 saturated heterocycles. The van der Waals surface area contributed by atoms with E-state index >= 15 is 0 Å². The van der Waals surface area contributed by atoms with Gasteiger partial charge in [-0.2, -0.15) is 0 Å². The second-order valence-corrected chi connectivity index (χ2v) is 3.98. The first kappa shape index (κ1) is 9.47. The van der Waals surface area contributed by atoms with Gasteiger partial charge in [-0.05, 0) is 31.6 Å². The van der Waals surface area contributed by atoms with Gasteiger partial charge in [-0.3, -0.25) is 0 Å². The van der Waals surface area contributed by atoms with Crippen LogP contribution in [0.4, 0.5) is 0 Å². The predicted molar refractivity (Wildman–Crippen MR) is 48.7 cm³/mol. The van der Waals surface area contributed by atoms with Crippen LogP contribution in [0.2, 0.25) is 0 Å². The summed E-state index contributed by atoms with van der Waals surface area (Å²) in [7, 11) is 0. The Hall–Kier alpha value is -0.620. The molecule has 0 bridgehead atoms. The largest absolute Gasteiger partial charge is 0.235 e. The van der Waals surface area contributed by atoms with Crippen LogP contribution >= 0.6 is 0 Å². The third kappa shape index (κ3) is 2.46. The van der Waals surface area contributed by atoms with Crippen molar-refractivity contribution < 1.29 is 4.79 Å². The van der Waals surface area contributed by atoms with Crippen molar-refractivity contribution in [1.82, 2.24) is 0 Å². The second kappa shape index (κ2) is 4.42. The van der Waals surface area contributed by atoms with Crippen molar-refractivity contribution in [3.8, 4) is 0 Å². The van der Waals surface area contributed by atoms with Crippen LogP contribution in [0.15, 0.2) is 4.99 Å². The Balaban J connectivity index is 2.38.